The van der Waals surface area contributed by atoms with E-state index in [1.807, 2.05) is 38.1 Å². The van der Waals surface area contributed by atoms with Crippen LogP contribution in [0, 0.1) is 11.8 Å². The maximum atomic E-state index is 13.8. The number of carbonyl (C=O) groups is 2. The van der Waals surface area contributed by atoms with Crippen LogP contribution in [-0.4, -0.2) is 43.0 Å². The molecule has 6 heteroatoms. The number of benzene rings is 2. The minimum atomic E-state index is -0.313. The molecule has 0 bridgehead atoms. The van der Waals surface area contributed by atoms with Crippen LogP contribution in [0.5, 0.6) is 11.5 Å². The molecule has 1 fully saturated rings. The number of amides is 2. The van der Waals surface area contributed by atoms with E-state index in [4.69, 9.17) is 9.47 Å². The second-order valence-corrected chi connectivity index (χ2v) is 9.41. The van der Waals surface area contributed by atoms with Gasteiger partial charge in [-0.2, -0.15) is 0 Å². The van der Waals surface area contributed by atoms with Gasteiger partial charge in [0.2, 0.25) is 0 Å². The van der Waals surface area contributed by atoms with Crippen LogP contribution in [0.4, 0.5) is 5.69 Å². The Balaban J connectivity index is 1.79. The van der Waals surface area contributed by atoms with Crippen LogP contribution < -0.4 is 14.4 Å². The molecule has 2 unspecified atom stereocenters. The van der Waals surface area contributed by atoms with Crippen LogP contribution in [0.2, 0.25) is 0 Å². The van der Waals surface area contributed by atoms with Crippen molar-refractivity contribution in [1.29, 1.82) is 0 Å². The van der Waals surface area contributed by atoms with Crippen LogP contribution in [0.1, 0.15) is 39.7 Å². The van der Waals surface area contributed by atoms with Gasteiger partial charge in [0.05, 0.1) is 24.5 Å². The zero-order valence-electron chi connectivity index (χ0n) is 20.0. The molecule has 6 nitrogen and oxygen atoms in total. The Morgan fingerprint density at radius 3 is 2.18 bits per heavy atom. The van der Waals surface area contributed by atoms with Gasteiger partial charge in [0.1, 0.15) is 17.2 Å². The highest BCUT2D eigenvalue weighted by molar-refractivity contribution is 6.45. The van der Waals surface area contributed by atoms with Crippen LogP contribution >= 0.6 is 0 Å². The lowest BCUT2D eigenvalue weighted by Crippen LogP contribution is -2.42. The SMILES string of the molecule is COc1cccc(N2C(=O)C(c3ccc(OC(C)C)cc3)=C(N3CC(C)CC(C)C3)C2=O)c1. The molecule has 33 heavy (non-hydrogen) atoms. The first-order valence-electron chi connectivity index (χ1n) is 11.6. The van der Waals surface area contributed by atoms with Crippen LogP contribution in [-0.2, 0) is 9.59 Å². The Kier molecular flexibility index (Phi) is 6.45. The first kappa shape index (κ1) is 22.9. The van der Waals surface area contributed by atoms with E-state index < -0.39 is 0 Å². The fourth-order valence-corrected chi connectivity index (χ4v) is 4.87. The van der Waals surface area contributed by atoms with E-state index in [1.54, 1.807) is 31.4 Å². The summed E-state index contributed by atoms with van der Waals surface area (Å²) < 4.78 is 11.1. The summed E-state index contributed by atoms with van der Waals surface area (Å²) in [5.41, 5.74) is 2.16. The molecule has 0 aromatic heterocycles. The number of imide groups is 1. The zero-order chi connectivity index (χ0) is 23.7. The van der Waals surface area contributed by atoms with E-state index in [0.717, 1.165) is 30.8 Å². The van der Waals surface area contributed by atoms with Gasteiger partial charge >= 0.3 is 0 Å². The third kappa shape index (κ3) is 4.61. The summed E-state index contributed by atoms with van der Waals surface area (Å²) in [6.45, 7) is 9.84. The van der Waals surface area contributed by atoms with E-state index >= 15 is 0 Å². The van der Waals surface area contributed by atoms with Crippen molar-refractivity contribution < 1.29 is 19.1 Å². The van der Waals surface area contributed by atoms with Crippen LogP contribution in [0.15, 0.2) is 54.2 Å². The predicted octanol–water partition coefficient (Wildman–Crippen LogP) is 4.74. The molecule has 2 heterocycles. The Hall–Kier alpha value is -3.28. The number of ether oxygens (including phenoxy) is 2. The molecule has 2 amide bonds. The fourth-order valence-electron chi connectivity index (χ4n) is 4.87. The van der Waals surface area contributed by atoms with E-state index in [-0.39, 0.29) is 17.9 Å². The molecule has 174 valence electrons. The van der Waals surface area contributed by atoms with Crippen molar-refractivity contribution in [2.45, 2.75) is 40.2 Å². The Bertz CT molecular complexity index is 1060. The first-order chi connectivity index (χ1) is 15.8. The van der Waals surface area contributed by atoms with E-state index in [9.17, 15) is 9.59 Å². The van der Waals surface area contributed by atoms with Gasteiger partial charge in [-0.15, -0.1) is 0 Å². The molecule has 0 spiro atoms. The summed E-state index contributed by atoms with van der Waals surface area (Å²) in [5, 5.41) is 0. The van der Waals surface area contributed by atoms with Crippen molar-refractivity contribution >= 4 is 23.1 Å². The molecule has 0 N–H and O–H groups in total. The summed E-state index contributed by atoms with van der Waals surface area (Å²) in [4.78, 5) is 30.9. The largest absolute Gasteiger partial charge is 0.497 e. The lowest BCUT2D eigenvalue weighted by molar-refractivity contribution is -0.120. The maximum Gasteiger partial charge on any atom is 0.282 e. The van der Waals surface area contributed by atoms with E-state index in [1.165, 1.54) is 4.90 Å². The topological polar surface area (TPSA) is 59.1 Å². The number of anilines is 1. The molecule has 2 aliphatic rings. The predicted molar refractivity (Wildman–Crippen MR) is 129 cm³/mol. The molecule has 4 rings (SSSR count). The van der Waals surface area contributed by atoms with Crippen molar-refractivity contribution in [2.24, 2.45) is 11.8 Å². The summed E-state index contributed by atoms with van der Waals surface area (Å²) >= 11 is 0. The molecule has 0 aliphatic carbocycles. The number of carbonyl (C=O) groups excluding carboxylic acids is 2. The molecule has 0 saturated carbocycles. The summed E-state index contributed by atoms with van der Waals surface area (Å²) in [6, 6.07) is 14.5. The number of rotatable bonds is 6. The molecule has 2 aliphatic heterocycles. The minimum Gasteiger partial charge on any atom is -0.497 e. The normalized spacial score (nSPS) is 21.3. The van der Waals surface area contributed by atoms with Crippen LogP contribution in [0.25, 0.3) is 5.57 Å². The lowest BCUT2D eigenvalue weighted by atomic mass is 9.91. The molecule has 0 radical (unpaired) electrons. The van der Waals surface area contributed by atoms with Crippen molar-refractivity contribution in [3.63, 3.8) is 0 Å². The van der Waals surface area contributed by atoms with Crippen molar-refractivity contribution in [3.8, 4) is 11.5 Å². The minimum absolute atomic E-state index is 0.0557. The number of hydrogen-bond donors (Lipinski definition) is 0. The number of nitrogens with zero attached hydrogens (tertiary/aromatic N) is 2. The highest BCUT2D eigenvalue weighted by Crippen LogP contribution is 2.38. The molecular formula is C27H32N2O4. The number of hydrogen-bond acceptors (Lipinski definition) is 5. The van der Waals surface area contributed by atoms with Gasteiger partial charge in [-0.05, 0) is 61.9 Å². The number of likely N-dealkylation sites (tertiary alicyclic amines) is 1. The average molecular weight is 449 g/mol. The van der Waals surface area contributed by atoms with Crippen molar-refractivity contribution in [1.82, 2.24) is 4.90 Å². The highest BCUT2D eigenvalue weighted by atomic mass is 16.5. The quantitative estimate of drug-likeness (QED) is 0.597. The molecule has 1 saturated heterocycles. The zero-order valence-corrected chi connectivity index (χ0v) is 20.0. The Morgan fingerprint density at radius 2 is 1.58 bits per heavy atom. The molecule has 2 aromatic rings. The van der Waals surface area contributed by atoms with Crippen LogP contribution in [0.3, 0.4) is 0 Å². The molecule has 2 atom stereocenters. The number of methoxy groups -OCH3 is 1. The second-order valence-electron chi connectivity index (χ2n) is 9.41. The van der Waals surface area contributed by atoms with Gasteiger partial charge < -0.3 is 14.4 Å². The van der Waals surface area contributed by atoms with Gasteiger partial charge in [-0.1, -0.05) is 32.0 Å². The summed E-state index contributed by atoms with van der Waals surface area (Å²) in [7, 11) is 1.57. The standard InChI is InChI=1S/C27H32N2O4/c1-17(2)33-22-11-9-20(10-12-22)24-25(28-15-18(3)13-19(4)16-28)27(31)29(26(24)30)21-7-6-8-23(14-21)32-5/h6-12,14,17-19H,13,15-16H2,1-5H3. The van der Waals surface area contributed by atoms with Gasteiger partial charge in [0.25, 0.3) is 11.8 Å². The number of piperidine rings is 1. The summed E-state index contributed by atoms with van der Waals surface area (Å²) in [5.74, 6) is 1.62. The van der Waals surface area contributed by atoms with Gasteiger partial charge in [0.15, 0.2) is 0 Å². The van der Waals surface area contributed by atoms with Gasteiger partial charge in [-0.3, -0.25) is 9.59 Å². The average Bonchev–Trinajstić information content (AvgIpc) is 3.03. The van der Waals surface area contributed by atoms with Gasteiger partial charge in [-0.25, -0.2) is 4.90 Å². The summed E-state index contributed by atoms with van der Waals surface area (Å²) in [6.07, 6.45) is 1.17. The lowest BCUT2D eigenvalue weighted by Gasteiger charge is -2.37. The van der Waals surface area contributed by atoms with Crippen molar-refractivity contribution in [2.75, 3.05) is 25.1 Å². The Morgan fingerprint density at radius 1 is 0.909 bits per heavy atom. The van der Waals surface area contributed by atoms with E-state index in [0.29, 0.717) is 34.5 Å². The molecular weight excluding hydrogens is 416 g/mol. The van der Waals surface area contributed by atoms with Crippen molar-refractivity contribution in [3.05, 3.63) is 59.8 Å². The highest BCUT2D eigenvalue weighted by Gasteiger charge is 2.43. The third-order valence-corrected chi connectivity index (χ3v) is 6.07. The van der Waals surface area contributed by atoms with E-state index in [2.05, 4.69) is 18.7 Å². The fraction of sp³-hybridized carbons (Fsp3) is 0.407. The molecule has 2 aromatic carbocycles. The smallest absolute Gasteiger partial charge is 0.282 e. The Labute approximate surface area is 195 Å². The monoisotopic (exact) mass is 448 g/mol. The third-order valence-electron chi connectivity index (χ3n) is 6.07. The maximum absolute atomic E-state index is 13.8. The first-order valence-corrected chi connectivity index (χ1v) is 11.6. The van der Waals surface area contributed by atoms with Gasteiger partial charge in [0, 0.05) is 19.2 Å². The second kappa shape index (κ2) is 9.30.